The standard InChI is InChI=1S/C17H14ClN3O2/c1-11-2-4-13(5-3-11)17-21-20-15(23-17)10-19-16(22)12-6-8-14(18)9-7-12/h2-9H,10H2,1H3,(H,19,22). The first-order valence-corrected chi connectivity index (χ1v) is 7.43. The molecule has 0 unspecified atom stereocenters. The first-order valence-electron chi connectivity index (χ1n) is 7.05. The lowest BCUT2D eigenvalue weighted by Crippen LogP contribution is -2.22. The Morgan fingerprint density at radius 2 is 1.78 bits per heavy atom. The van der Waals surface area contributed by atoms with Crippen molar-refractivity contribution in [1.82, 2.24) is 15.5 Å². The Morgan fingerprint density at radius 3 is 2.48 bits per heavy atom. The lowest BCUT2D eigenvalue weighted by molar-refractivity contribution is 0.0947. The van der Waals surface area contributed by atoms with Crippen LogP contribution in [0.5, 0.6) is 0 Å². The summed E-state index contributed by atoms with van der Waals surface area (Å²) in [6.07, 6.45) is 0. The molecule has 3 aromatic rings. The van der Waals surface area contributed by atoms with Crippen molar-refractivity contribution in [3.63, 3.8) is 0 Å². The largest absolute Gasteiger partial charge is 0.419 e. The third-order valence-electron chi connectivity index (χ3n) is 3.27. The van der Waals surface area contributed by atoms with Crippen molar-refractivity contribution in [2.24, 2.45) is 0 Å². The molecule has 0 saturated heterocycles. The number of aryl methyl sites for hydroxylation is 1. The smallest absolute Gasteiger partial charge is 0.251 e. The van der Waals surface area contributed by atoms with Gasteiger partial charge in [-0.25, -0.2) is 0 Å². The fourth-order valence-corrected chi connectivity index (χ4v) is 2.12. The minimum atomic E-state index is -0.225. The SMILES string of the molecule is Cc1ccc(-c2nnc(CNC(=O)c3ccc(Cl)cc3)o2)cc1. The summed E-state index contributed by atoms with van der Waals surface area (Å²) >= 11 is 5.80. The van der Waals surface area contributed by atoms with Crippen LogP contribution in [0.2, 0.25) is 5.02 Å². The van der Waals surface area contributed by atoms with E-state index in [1.165, 1.54) is 0 Å². The maximum absolute atomic E-state index is 12.0. The summed E-state index contributed by atoms with van der Waals surface area (Å²) in [6, 6.07) is 14.4. The molecule has 0 aliphatic carbocycles. The van der Waals surface area contributed by atoms with E-state index in [1.807, 2.05) is 31.2 Å². The van der Waals surface area contributed by atoms with E-state index >= 15 is 0 Å². The van der Waals surface area contributed by atoms with Crippen molar-refractivity contribution in [2.75, 3.05) is 0 Å². The van der Waals surface area contributed by atoms with Crippen molar-refractivity contribution in [1.29, 1.82) is 0 Å². The van der Waals surface area contributed by atoms with Crippen LogP contribution in [0.4, 0.5) is 0 Å². The van der Waals surface area contributed by atoms with Crippen molar-refractivity contribution in [2.45, 2.75) is 13.5 Å². The molecule has 1 aromatic heterocycles. The summed E-state index contributed by atoms with van der Waals surface area (Å²) < 4.78 is 5.56. The monoisotopic (exact) mass is 327 g/mol. The molecule has 116 valence electrons. The molecule has 3 rings (SSSR count). The van der Waals surface area contributed by atoms with Gasteiger partial charge in [0, 0.05) is 16.1 Å². The fourth-order valence-electron chi connectivity index (χ4n) is 2.00. The molecule has 0 atom stereocenters. The van der Waals surface area contributed by atoms with Crippen molar-refractivity contribution < 1.29 is 9.21 Å². The Labute approximate surface area is 138 Å². The maximum atomic E-state index is 12.0. The van der Waals surface area contributed by atoms with Crippen LogP contribution in [-0.2, 0) is 6.54 Å². The first kappa shape index (κ1) is 15.2. The average molecular weight is 328 g/mol. The quantitative estimate of drug-likeness (QED) is 0.794. The number of aromatic nitrogens is 2. The van der Waals surface area contributed by atoms with Crippen LogP contribution in [0.1, 0.15) is 21.8 Å². The third-order valence-corrected chi connectivity index (χ3v) is 3.52. The maximum Gasteiger partial charge on any atom is 0.251 e. The second kappa shape index (κ2) is 6.62. The van der Waals surface area contributed by atoms with Gasteiger partial charge < -0.3 is 9.73 Å². The van der Waals surface area contributed by atoms with E-state index in [0.717, 1.165) is 11.1 Å². The van der Waals surface area contributed by atoms with E-state index < -0.39 is 0 Å². The highest BCUT2D eigenvalue weighted by atomic mass is 35.5. The van der Waals surface area contributed by atoms with E-state index in [1.54, 1.807) is 24.3 Å². The molecular weight excluding hydrogens is 314 g/mol. The number of nitrogens with zero attached hydrogens (tertiary/aromatic N) is 2. The lowest BCUT2D eigenvalue weighted by atomic mass is 10.1. The zero-order valence-corrected chi connectivity index (χ0v) is 13.2. The molecular formula is C17H14ClN3O2. The summed E-state index contributed by atoms with van der Waals surface area (Å²) in [4.78, 5) is 12.0. The van der Waals surface area contributed by atoms with Gasteiger partial charge in [-0.2, -0.15) is 0 Å². The van der Waals surface area contributed by atoms with E-state index in [-0.39, 0.29) is 12.5 Å². The zero-order valence-electron chi connectivity index (χ0n) is 12.4. The topological polar surface area (TPSA) is 68.0 Å². The van der Waals surface area contributed by atoms with E-state index in [9.17, 15) is 4.79 Å². The van der Waals surface area contributed by atoms with Gasteiger partial charge >= 0.3 is 0 Å². The Balaban J connectivity index is 1.64. The molecule has 1 N–H and O–H groups in total. The Bertz CT molecular complexity index is 811. The molecule has 0 radical (unpaired) electrons. The van der Waals surface area contributed by atoms with Gasteiger partial charge in [0.1, 0.15) is 0 Å². The second-order valence-corrected chi connectivity index (χ2v) is 5.49. The number of nitrogens with one attached hydrogen (secondary N) is 1. The van der Waals surface area contributed by atoms with Crippen LogP contribution >= 0.6 is 11.6 Å². The van der Waals surface area contributed by atoms with Crippen LogP contribution in [0.25, 0.3) is 11.5 Å². The third kappa shape index (κ3) is 3.76. The second-order valence-electron chi connectivity index (χ2n) is 5.06. The summed E-state index contributed by atoms with van der Waals surface area (Å²) in [6.45, 7) is 2.18. The number of hydrogen-bond acceptors (Lipinski definition) is 4. The number of amides is 1. The van der Waals surface area contributed by atoms with E-state index in [4.69, 9.17) is 16.0 Å². The number of hydrogen-bond donors (Lipinski definition) is 1. The Morgan fingerprint density at radius 1 is 1.09 bits per heavy atom. The molecule has 5 nitrogen and oxygen atoms in total. The molecule has 6 heteroatoms. The van der Waals surface area contributed by atoms with Crippen LogP contribution in [0.15, 0.2) is 52.9 Å². The first-order chi connectivity index (χ1) is 11.1. The fraction of sp³-hybridized carbons (Fsp3) is 0.118. The molecule has 0 fully saturated rings. The van der Waals surface area contributed by atoms with Gasteiger partial charge in [0.15, 0.2) is 0 Å². The molecule has 0 bridgehead atoms. The zero-order chi connectivity index (χ0) is 16.2. The number of rotatable bonds is 4. The van der Waals surface area contributed by atoms with Gasteiger partial charge in [0.25, 0.3) is 5.91 Å². The van der Waals surface area contributed by atoms with Crippen LogP contribution in [0.3, 0.4) is 0 Å². The number of carbonyl (C=O) groups is 1. The van der Waals surface area contributed by atoms with Crippen molar-refractivity contribution in [3.05, 3.63) is 70.6 Å². The van der Waals surface area contributed by atoms with Crippen LogP contribution in [0, 0.1) is 6.92 Å². The van der Waals surface area contributed by atoms with Gasteiger partial charge in [-0.1, -0.05) is 29.3 Å². The summed E-state index contributed by atoms with van der Waals surface area (Å²) in [5.74, 6) is 0.556. The summed E-state index contributed by atoms with van der Waals surface area (Å²) in [5, 5.41) is 11.2. The highest BCUT2D eigenvalue weighted by molar-refractivity contribution is 6.30. The minimum Gasteiger partial charge on any atom is -0.419 e. The molecule has 1 amide bonds. The Kier molecular flexibility index (Phi) is 4.39. The number of benzene rings is 2. The minimum absolute atomic E-state index is 0.167. The predicted octanol–water partition coefficient (Wildman–Crippen LogP) is 3.63. The highest BCUT2D eigenvalue weighted by Gasteiger charge is 2.10. The van der Waals surface area contributed by atoms with Gasteiger partial charge in [-0.15, -0.1) is 10.2 Å². The molecule has 1 heterocycles. The summed E-state index contributed by atoms with van der Waals surface area (Å²) in [7, 11) is 0. The predicted molar refractivity (Wildman–Crippen MR) is 87.1 cm³/mol. The Hall–Kier alpha value is -2.66. The molecule has 0 spiro atoms. The normalized spacial score (nSPS) is 10.5. The van der Waals surface area contributed by atoms with Crippen LogP contribution < -0.4 is 5.32 Å². The molecule has 0 saturated carbocycles. The molecule has 0 aliphatic rings. The van der Waals surface area contributed by atoms with Gasteiger partial charge in [-0.3, -0.25) is 4.79 Å². The van der Waals surface area contributed by atoms with Gasteiger partial charge in [-0.05, 0) is 43.3 Å². The van der Waals surface area contributed by atoms with E-state index in [0.29, 0.717) is 22.4 Å². The van der Waals surface area contributed by atoms with Gasteiger partial charge in [0.2, 0.25) is 11.8 Å². The lowest BCUT2D eigenvalue weighted by Gasteiger charge is -2.02. The summed E-state index contributed by atoms with van der Waals surface area (Å²) in [5.41, 5.74) is 2.52. The average Bonchev–Trinajstić information content (AvgIpc) is 3.03. The molecule has 0 aliphatic heterocycles. The number of halogens is 1. The van der Waals surface area contributed by atoms with Crippen LogP contribution in [-0.4, -0.2) is 16.1 Å². The number of carbonyl (C=O) groups excluding carboxylic acids is 1. The highest BCUT2D eigenvalue weighted by Crippen LogP contribution is 2.18. The molecule has 23 heavy (non-hydrogen) atoms. The van der Waals surface area contributed by atoms with Crippen molar-refractivity contribution >= 4 is 17.5 Å². The van der Waals surface area contributed by atoms with Crippen molar-refractivity contribution in [3.8, 4) is 11.5 Å². The van der Waals surface area contributed by atoms with E-state index in [2.05, 4.69) is 15.5 Å². The van der Waals surface area contributed by atoms with Gasteiger partial charge in [0.05, 0.1) is 6.54 Å². The molecule has 2 aromatic carbocycles.